The van der Waals surface area contributed by atoms with E-state index in [-0.39, 0.29) is 18.0 Å². The van der Waals surface area contributed by atoms with Gasteiger partial charge in [-0.25, -0.2) is 9.37 Å². The highest BCUT2D eigenvalue weighted by atomic mass is 79.9. The number of aryl methyl sites for hydroxylation is 1. The number of aromatic nitrogens is 2. The highest BCUT2D eigenvalue weighted by Gasteiger charge is 2.08. The van der Waals surface area contributed by atoms with Gasteiger partial charge in [-0.15, -0.1) is 0 Å². The number of nitrogens with zero attached hydrogens (tertiary/aromatic N) is 3. The maximum Gasteiger partial charge on any atom is 0.282 e. The summed E-state index contributed by atoms with van der Waals surface area (Å²) in [4.78, 5) is 17.3. The first-order valence-corrected chi connectivity index (χ1v) is 9.99. The normalized spacial score (nSPS) is 11.3. The van der Waals surface area contributed by atoms with Crippen LogP contribution in [0.3, 0.4) is 0 Å². The number of ether oxygens (including phenoxy) is 1. The Labute approximate surface area is 180 Å². The van der Waals surface area contributed by atoms with E-state index in [9.17, 15) is 9.18 Å². The summed E-state index contributed by atoms with van der Waals surface area (Å²) in [7, 11) is 0. The molecule has 0 saturated heterocycles. The Morgan fingerprint density at radius 1 is 1.13 bits per heavy atom. The first-order chi connectivity index (χ1) is 14.5. The zero-order valence-electron chi connectivity index (χ0n) is 16.0. The van der Waals surface area contributed by atoms with Crippen LogP contribution in [0.5, 0.6) is 5.75 Å². The molecule has 0 aliphatic carbocycles. The molecule has 1 aromatic heterocycles. The highest BCUT2D eigenvalue weighted by Crippen LogP contribution is 2.17. The predicted molar refractivity (Wildman–Crippen MR) is 119 cm³/mol. The van der Waals surface area contributed by atoms with Gasteiger partial charge in [-0.1, -0.05) is 40.2 Å². The molecule has 4 rings (SSSR count). The molecular weight excluding hydrogens is 449 g/mol. The lowest BCUT2D eigenvalue weighted by atomic mass is 10.2. The summed E-state index contributed by atoms with van der Waals surface area (Å²) in [5.74, 6) is 0.811. The Balaban J connectivity index is 1.57. The fourth-order valence-corrected chi connectivity index (χ4v) is 3.36. The lowest BCUT2D eigenvalue weighted by Gasteiger charge is -2.08. The van der Waals surface area contributed by atoms with E-state index < -0.39 is 0 Å². The summed E-state index contributed by atoms with van der Waals surface area (Å²) in [6.45, 7) is 1.99. The molecule has 0 amide bonds. The summed E-state index contributed by atoms with van der Waals surface area (Å²) >= 11 is 3.38. The van der Waals surface area contributed by atoms with Crippen LogP contribution in [0.1, 0.15) is 17.0 Å². The van der Waals surface area contributed by atoms with Gasteiger partial charge < -0.3 is 4.74 Å². The van der Waals surface area contributed by atoms with Crippen molar-refractivity contribution in [2.75, 3.05) is 0 Å². The summed E-state index contributed by atoms with van der Waals surface area (Å²) in [5, 5.41) is 4.81. The molecule has 30 heavy (non-hydrogen) atoms. The average molecular weight is 466 g/mol. The lowest BCUT2D eigenvalue weighted by molar-refractivity contribution is 0.305. The van der Waals surface area contributed by atoms with Gasteiger partial charge in [0.1, 0.15) is 24.0 Å². The third-order valence-electron chi connectivity index (χ3n) is 4.45. The molecule has 0 fully saturated rings. The van der Waals surface area contributed by atoms with Crippen LogP contribution in [0.4, 0.5) is 4.39 Å². The SMILES string of the molecule is Cc1nc2ccc(Br)cc2c(=O)n1N=Cc1cccc(OCc2cccc(F)c2)c1. The van der Waals surface area contributed by atoms with Crippen molar-refractivity contribution < 1.29 is 9.13 Å². The summed E-state index contributed by atoms with van der Waals surface area (Å²) < 4.78 is 21.1. The van der Waals surface area contributed by atoms with Gasteiger partial charge in [0.2, 0.25) is 0 Å². The number of halogens is 2. The van der Waals surface area contributed by atoms with Crippen molar-refractivity contribution in [2.24, 2.45) is 5.10 Å². The second-order valence-electron chi connectivity index (χ2n) is 6.67. The first-order valence-electron chi connectivity index (χ1n) is 9.20. The van der Waals surface area contributed by atoms with Crippen molar-refractivity contribution in [2.45, 2.75) is 13.5 Å². The monoisotopic (exact) mass is 465 g/mol. The number of fused-ring (bicyclic) bond motifs is 1. The number of benzene rings is 3. The molecule has 0 aliphatic heterocycles. The van der Waals surface area contributed by atoms with Gasteiger partial charge in [0.25, 0.3) is 5.56 Å². The summed E-state index contributed by atoms with van der Waals surface area (Å²) in [6, 6.07) is 18.9. The topological polar surface area (TPSA) is 56.5 Å². The van der Waals surface area contributed by atoms with E-state index in [0.717, 1.165) is 15.6 Å². The minimum atomic E-state index is -0.297. The maximum absolute atomic E-state index is 13.3. The Morgan fingerprint density at radius 2 is 1.97 bits per heavy atom. The third-order valence-corrected chi connectivity index (χ3v) is 4.94. The number of hydrogen-bond acceptors (Lipinski definition) is 4. The van der Waals surface area contributed by atoms with Crippen LogP contribution in [-0.2, 0) is 6.61 Å². The Kier molecular flexibility index (Phi) is 5.72. The molecule has 7 heteroatoms. The van der Waals surface area contributed by atoms with Crippen molar-refractivity contribution in [1.29, 1.82) is 0 Å². The molecule has 0 unspecified atom stereocenters. The van der Waals surface area contributed by atoms with Crippen LogP contribution in [0, 0.1) is 12.7 Å². The van der Waals surface area contributed by atoms with Gasteiger partial charge >= 0.3 is 0 Å². The van der Waals surface area contributed by atoms with E-state index in [0.29, 0.717) is 22.5 Å². The molecule has 0 radical (unpaired) electrons. The Morgan fingerprint density at radius 3 is 2.80 bits per heavy atom. The van der Waals surface area contributed by atoms with E-state index in [1.807, 2.05) is 24.3 Å². The second-order valence-corrected chi connectivity index (χ2v) is 7.59. The van der Waals surface area contributed by atoms with E-state index in [2.05, 4.69) is 26.0 Å². The van der Waals surface area contributed by atoms with Gasteiger partial charge in [-0.3, -0.25) is 4.79 Å². The Bertz CT molecular complexity index is 1320. The minimum Gasteiger partial charge on any atom is -0.489 e. The zero-order chi connectivity index (χ0) is 21.1. The van der Waals surface area contributed by atoms with Crippen molar-refractivity contribution in [3.8, 4) is 5.75 Å². The van der Waals surface area contributed by atoms with Crippen molar-refractivity contribution in [3.05, 3.63) is 104 Å². The van der Waals surface area contributed by atoms with Crippen LogP contribution in [-0.4, -0.2) is 15.9 Å². The number of rotatable bonds is 5. The second kappa shape index (κ2) is 8.59. The van der Waals surface area contributed by atoms with E-state index in [4.69, 9.17) is 4.74 Å². The van der Waals surface area contributed by atoms with Gasteiger partial charge in [0.15, 0.2) is 0 Å². The molecule has 0 aliphatic rings. The van der Waals surface area contributed by atoms with Gasteiger partial charge in [0, 0.05) is 4.47 Å². The zero-order valence-corrected chi connectivity index (χ0v) is 17.6. The highest BCUT2D eigenvalue weighted by molar-refractivity contribution is 9.10. The quantitative estimate of drug-likeness (QED) is 0.386. The molecule has 0 spiro atoms. The largest absolute Gasteiger partial charge is 0.489 e. The molecule has 0 bridgehead atoms. The van der Waals surface area contributed by atoms with Crippen LogP contribution < -0.4 is 10.3 Å². The van der Waals surface area contributed by atoms with Crippen molar-refractivity contribution in [1.82, 2.24) is 9.66 Å². The fourth-order valence-electron chi connectivity index (χ4n) is 3.00. The number of hydrogen-bond donors (Lipinski definition) is 0. The summed E-state index contributed by atoms with van der Waals surface area (Å²) in [6.07, 6.45) is 1.58. The van der Waals surface area contributed by atoms with E-state index in [1.54, 1.807) is 43.5 Å². The molecule has 3 aromatic carbocycles. The first kappa shape index (κ1) is 20.0. The van der Waals surface area contributed by atoms with Crippen molar-refractivity contribution in [3.63, 3.8) is 0 Å². The molecule has 4 aromatic rings. The average Bonchev–Trinajstić information content (AvgIpc) is 2.73. The predicted octanol–water partition coefficient (Wildman–Crippen LogP) is 5.07. The maximum atomic E-state index is 13.3. The summed E-state index contributed by atoms with van der Waals surface area (Å²) in [5.41, 5.74) is 1.88. The molecule has 150 valence electrons. The molecule has 0 atom stereocenters. The van der Waals surface area contributed by atoms with Gasteiger partial charge in [0.05, 0.1) is 17.1 Å². The molecule has 5 nitrogen and oxygen atoms in total. The van der Waals surface area contributed by atoms with Crippen LogP contribution in [0.2, 0.25) is 0 Å². The van der Waals surface area contributed by atoms with Crippen LogP contribution >= 0.6 is 15.9 Å². The van der Waals surface area contributed by atoms with Crippen molar-refractivity contribution >= 4 is 33.0 Å². The molecular formula is C23H17BrFN3O2. The third kappa shape index (κ3) is 4.46. The Hall–Kier alpha value is -3.32. The molecule has 0 N–H and O–H groups in total. The van der Waals surface area contributed by atoms with Gasteiger partial charge in [-0.05, 0) is 60.5 Å². The van der Waals surface area contributed by atoms with E-state index >= 15 is 0 Å². The van der Waals surface area contributed by atoms with E-state index in [1.165, 1.54) is 16.8 Å². The fraction of sp³-hybridized carbons (Fsp3) is 0.0870. The lowest BCUT2D eigenvalue weighted by Crippen LogP contribution is -2.20. The van der Waals surface area contributed by atoms with Crippen LogP contribution in [0.25, 0.3) is 10.9 Å². The van der Waals surface area contributed by atoms with Gasteiger partial charge in [-0.2, -0.15) is 9.78 Å². The minimum absolute atomic E-state index is 0.242. The molecule has 1 heterocycles. The smallest absolute Gasteiger partial charge is 0.282 e. The standard InChI is InChI=1S/C23H17BrFN3O2/c1-15-27-22-9-8-18(24)12-21(22)23(29)28(15)26-13-16-4-3-7-20(11-16)30-14-17-5-2-6-19(25)10-17/h2-13H,14H2,1H3. The van der Waals surface area contributed by atoms with Crippen LogP contribution in [0.15, 0.2) is 81.1 Å². The molecule has 0 saturated carbocycles.